The molecule has 0 unspecified atom stereocenters. The lowest BCUT2D eigenvalue weighted by Crippen LogP contribution is -2.33. The van der Waals surface area contributed by atoms with Crippen LogP contribution in [-0.4, -0.2) is 12.6 Å². The fourth-order valence-electron chi connectivity index (χ4n) is 1.97. The van der Waals surface area contributed by atoms with E-state index >= 15 is 0 Å². The highest BCUT2D eigenvalue weighted by Crippen LogP contribution is 2.38. The Balaban J connectivity index is 3.30. The minimum absolute atomic E-state index is 0.0310. The number of hydrogen-bond acceptors (Lipinski definition) is 2. The molecule has 0 amide bonds. The van der Waals surface area contributed by atoms with Gasteiger partial charge in [-0.1, -0.05) is 6.07 Å². The van der Waals surface area contributed by atoms with Gasteiger partial charge in [0.25, 0.3) is 0 Å². The molecule has 1 aromatic carbocycles. The highest BCUT2D eigenvalue weighted by molar-refractivity contribution is 6.17. The molecule has 0 N–H and O–H groups in total. The Bertz CT molecular complexity index is 492. The molecular formula is C14H16ClF3N2. The van der Waals surface area contributed by atoms with Crippen molar-refractivity contribution in [2.75, 3.05) is 11.4 Å². The maximum atomic E-state index is 13.2. The summed E-state index contributed by atoms with van der Waals surface area (Å²) in [6.07, 6.45) is -4.27. The molecule has 1 rings (SSSR count). The molecule has 0 spiro atoms. The summed E-state index contributed by atoms with van der Waals surface area (Å²) in [7, 11) is 0. The van der Waals surface area contributed by atoms with E-state index in [9.17, 15) is 13.2 Å². The zero-order valence-electron chi connectivity index (χ0n) is 11.3. The van der Waals surface area contributed by atoms with Crippen molar-refractivity contribution in [1.82, 2.24) is 0 Å². The summed E-state index contributed by atoms with van der Waals surface area (Å²) in [4.78, 5) is 1.59. The Morgan fingerprint density at radius 1 is 1.35 bits per heavy atom. The molecule has 0 aromatic heterocycles. The van der Waals surface area contributed by atoms with Crippen LogP contribution in [-0.2, 0) is 12.1 Å². The van der Waals surface area contributed by atoms with Gasteiger partial charge in [-0.3, -0.25) is 0 Å². The van der Waals surface area contributed by atoms with Crippen molar-refractivity contribution in [3.63, 3.8) is 0 Å². The van der Waals surface area contributed by atoms with Gasteiger partial charge in [-0.25, -0.2) is 0 Å². The molecule has 110 valence electrons. The third-order valence-corrected chi connectivity index (χ3v) is 3.23. The summed E-state index contributed by atoms with van der Waals surface area (Å²) < 4.78 is 39.5. The second-order valence-electron chi connectivity index (χ2n) is 4.68. The fraction of sp³-hybridized carbons (Fsp3) is 0.500. The lowest BCUT2D eigenvalue weighted by molar-refractivity contribution is -0.137. The first-order chi connectivity index (χ1) is 9.31. The standard InChI is InChI=1S/C14H16ClF3N2/c1-10(2)20(7-3-6-19)13-5-4-11(9-15)8-12(13)14(16,17)18/h4-5,8,10H,3,7,9H2,1-2H3. The van der Waals surface area contributed by atoms with E-state index in [0.717, 1.165) is 6.07 Å². The van der Waals surface area contributed by atoms with E-state index in [-0.39, 0.29) is 30.6 Å². The van der Waals surface area contributed by atoms with Crippen LogP contribution in [0.25, 0.3) is 0 Å². The van der Waals surface area contributed by atoms with Crippen LogP contribution in [0.3, 0.4) is 0 Å². The van der Waals surface area contributed by atoms with Crippen molar-refractivity contribution in [3.05, 3.63) is 29.3 Å². The van der Waals surface area contributed by atoms with E-state index in [1.807, 2.05) is 6.07 Å². The van der Waals surface area contributed by atoms with Crippen LogP contribution in [0.15, 0.2) is 18.2 Å². The van der Waals surface area contributed by atoms with Crippen molar-refractivity contribution in [2.45, 2.75) is 38.4 Å². The van der Waals surface area contributed by atoms with Crippen LogP contribution in [0.5, 0.6) is 0 Å². The number of rotatable bonds is 5. The highest BCUT2D eigenvalue weighted by Gasteiger charge is 2.35. The van der Waals surface area contributed by atoms with Gasteiger partial charge in [-0.05, 0) is 31.5 Å². The topological polar surface area (TPSA) is 27.0 Å². The van der Waals surface area contributed by atoms with E-state index in [1.165, 1.54) is 6.07 Å². The molecule has 0 saturated heterocycles. The predicted octanol–water partition coefficient (Wildman–Crippen LogP) is 4.57. The molecule has 0 aliphatic heterocycles. The largest absolute Gasteiger partial charge is 0.418 e. The first kappa shape index (κ1) is 16.6. The third kappa shape index (κ3) is 4.04. The van der Waals surface area contributed by atoms with E-state index < -0.39 is 11.7 Å². The van der Waals surface area contributed by atoms with E-state index in [2.05, 4.69) is 0 Å². The number of alkyl halides is 4. The fourth-order valence-corrected chi connectivity index (χ4v) is 2.14. The van der Waals surface area contributed by atoms with Gasteiger partial charge in [0.1, 0.15) is 0 Å². The van der Waals surface area contributed by atoms with E-state index in [1.54, 1.807) is 24.8 Å². The van der Waals surface area contributed by atoms with Crippen LogP contribution in [0.4, 0.5) is 18.9 Å². The number of halogens is 4. The molecule has 0 aliphatic rings. The Labute approximate surface area is 121 Å². The molecule has 0 aliphatic carbocycles. The summed E-state index contributed by atoms with van der Waals surface area (Å²) in [5, 5.41) is 8.64. The lowest BCUT2D eigenvalue weighted by atomic mass is 10.1. The monoisotopic (exact) mass is 304 g/mol. The van der Waals surface area contributed by atoms with Gasteiger partial charge >= 0.3 is 6.18 Å². The SMILES string of the molecule is CC(C)N(CCC#N)c1ccc(CCl)cc1C(F)(F)F. The lowest BCUT2D eigenvalue weighted by Gasteiger charge is -2.31. The second-order valence-corrected chi connectivity index (χ2v) is 4.95. The van der Waals surface area contributed by atoms with Crippen LogP contribution in [0, 0.1) is 11.3 Å². The maximum Gasteiger partial charge on any atom is 0.418 e. The summed E-state index contributed by atoms with van der Waals surface area (Å²) in [5.41, 5.74) is -0.189. The van der Waals surface area contributed by atoms with Gasteiger partial charge in [-0.2, -0.15) is 18.4 Å². The zero-order chi connectivity index (χ0) is 15.3. The van der Waals surface area contributed by atoms with Crippen molar-refractivity contribution >= 4 is 17.3 Å². The molecule has 0 saturated carbocycles. The van der Waals surface area contributed by atoms with Crippen LogP contribution in [0.2, 0.25) is 0 Å². The molecule has 0 bridgehead atoms. The van der Waals surface area contributed by atoms with Gasteiger partial charge in [0.15, 0.2) is 0 Å². The molecule has 1 aromatic rings. The predicted molar refractivity (Wildman–Crippen MR) is 73.7 cm³/mol. The first-order valence-electron chi connectivity index (χ1n) is 6.21. The van der Waals surface area contributed by atoms with Gasteiger partial charge in [0, 0.05) is 24.2 Å². The van der Waals surface area contributed by atoms with Gasteiger partial charge < -0.3 is 4.90 Å². The summed E-state index contributed by atoms with van der Waals surface area (Å²) in [5.74, 6) is 0.0310. The minimum atomic E-state index is -4.45. The van der Waals surface area contributed by atoms with Crippen molar-refractivity contribution < 1.29 is 13.2 Å². The average molecular weight is 305 g/mol. The molecule has 20 heavy (non-hydrogen) atoms. The van der Waals surface area contributed by atoms with Crippen LogP contribution in [0.1, 0.15) is 31.4 Å². The molecule has 0 atom stereocenters. The first-order valence-corrected chi connectivity index (χ1v) is 6.74. The Morgan fingerprint density at radius 2 is 2.00 bits per heavy atom. The quantitative estimate of drug-likeness (QED) is 0.745. The van der Waals surface area contributed by atoms with Gasteiger partial charge in [0.05, 0.1) is 18.1 Å². The maximum absolute atomic E-state index is 13.2. The Morgan fingerprint density at radius 3 is 2.45 bits per heavy atom. The summed E-state index contributed by atoms with van der Waals surface area (Å²) in [6, 6.07) is 5.91. The number of hydrogen-bond donors (Lipinski definition) is 0. The van der Waals surface area contributed by atoms with Gasteiger partial charge in [0.2, 0.25) is 0 Å². The molecule has 0 radical (unpaired) electrons. The van der Waals surface area contributed by atoms with Crippen molar-refractivity contribution in [2.24, 2.45) is 0 Å². The molecule has 2 nitrogen and oxygen atoms in total. The minimum Gasteiger partial charge on any atom is -0.368 e. The summed E-state index contributed by atoms with van der Waals surface area (Å²) >= 11 is 5.60. The second kappa shape index (κ2) is 6.85. The van der Waals surface area contributed by atoms with Crippen LogP contribution < -0.4 is 4.90 Å². The Hall–Kier alpha value is -1.41. The van der Waals surface area contributed by atoms with Crippen molar-refractivity contribution in [3.8, 4) is 6.07 Å². The molecule has 0 fully saturated rings. The van der Waals surface area contributed by atoms with E-state index in [4.69, 9.17) is 16.9 Å². The normalized spacial score (nSPS) is 11.5. The molecule has 6 heteroatoms. The Kier molecular flexibility index (Phi) is 5.70. The highest BCUT2D eigenvalue weighted by atomic mass is 35.5. The van der Waals surface area contributed by atoms with Crippen molar-refractivity contribution in [1.29, 1.82) is 5.26 Å². The third-order valence-electron chi connectivity index (χ3n) is 2.92. The smallest absolute Gasteiger partial charge is 0.368 e. The average Bonchev–Trinajstić information content (AvgIpc) is 2.37. The number of nitrogens with zero attached hydrogens (tertiary/aromatic N) is 2. The van der Waals surface area contributed by atoms with Crippen LogP contribution >= 0.6 is 11.6 Å². The zero-order valence-corrected chi connectivity index (χ0v) is 12.1. The number of anilines is 1. The van der Waals surface area contributed by atoms with E-state index in [0.29, 0.717) is 5.56 Å². The number of benzene rings is 1. The number of nitriles is 1. The van der Waals surface area contributed by atoms with Gasteiger partial charge in [-0.15, -0.1) is 11.6 Å². The summed E-state index contributed by atoms with van der Waals surface area (Å²) in [6.45, 7) is 3.86. The molecular weight excluding hydrogens is 289 g/mol. The molecule has 0 heterocycles.